The highest BCUT2D eigenvalue weighted by Crippen LogP contribution is 2.25. The third-order valence-electron chi connectivity index (χ3n) is 5.72. The molecule has 0 aliphatic carbocycles. The quantitative estimate of drug-likeness (QED) is 0.525. The van der Waals surface area contributed by atoms with E-state index in [0.29, 0.717) is 10.7 Å². The van der Waals surface area contributed by atoms with Gasteiger partial charge in [0.2, 0.25) is 21.8 Å². The molecule has 1 N–H and O–H groups in total. The first-order valence-electron chi connectivity index (χ1n) is 11.2. The van der Waals surface area contributed by atoms with Crippen LogP contribution in [0.2, 0.25) is 5.02 Å². The lowest BCUT2D eigenvalue weighted by molar-refractivity contribution is -0.139. The molecule has 2 aromatic carbocycles. The standard InChI is InChI=1S/C25H34ClN3O4S/c1-7-19(4)27-25(31)20(5)28(15-21-9-8-10-22(26)14-21)24(30)16-29(34(6,32)33)23-13-17(2)11-12-18(23)3/h8-14,19-20H,7,15-16H2,1-6H3,(H,27,31)/t19-,20-/m1/s1. The molecular weight excluding hydrogens is 474 g/mol. The molecule has 0 aliphatic heterocycles. The van der Waals surface area contributed by atoms with Crippen molar-refractivity contribution < 1.29 is 18.0 Å². The fourth-order valence-corrected chi connectivity index (χ4v) is 4.57. The molecule has 2 amide bonds. The first-order valence-corrected chi connectivity index (χ1v) is 13.4. The van der Waals surface area contributed by atoms with E-state index >= 15 is 0 Å². The lowest BCUT2D eigenvalue weighted by atomic mass is 10.1. The van der Waals surface area contributed by atoms with E-state index in [1.807, 2.05) is 39.0 Å². The highest BCUT2D eigenvalue weighted by atomic mass is 35.5. The fraction of sp³-hybridized carbons (Fsp3) is 0.440. The van der Waals surface area contributed by atoms with Gasteiger partial charge >= 0.3 is 0 Å². The first-order chi connectivity index (χ1) is 15.8. The van der Waals surface area contributed by atoms with E-state index in [0.717, 1.165) is 33.7 Å². The molecule has 0 unspecified atom stereocenters. The summed E-state index contributed by atoms with van der Waals surface area (Å²) < 4.78 is 26.5. The Morgan fingerprint density at radius 3 is 2.35 bits per heavy atom. The average Bonchev–Trinajstić information content (AvgIpc) is 2.76. The van der Waals surface area contributed by atoms with Crippen LogP contribution in [0.1, 0.15) is 43.9 Å². The summed E-state index contributed by atoms with van der Waals surface area (Å²) in [5.41, 5.74) is 2.78. The van der Waals surface area contributed by atoms with E-state index in [1.54, 1.807) is 38.1 Å². The number of hydrogen-bond donors (Lipinski definition) is 1. The van der Waals surface area contributed by atoms with Crippen molar-refractivity contribution in [3.8, 4) is 0 Å². The number of sulfonamides is 1. The van der Waals surface area contributed by atoms with Crippen LogP contribution >= 0.6 is 11.6 Å². The third-order valence-corrected chi connectivity index (χ3v) is 7.08. The van der Waals surface area contributed by atoms with Crippen molar-refractivity contribution in [2.45, 2.75) is 59.7 Å². The third kappa shape index (κ3) is 7.46. The van der Waals surface area contributed by atoms with Crippen molar-refractivity contribution in [2.75, 3.05) is 17.1 Å². The molecule has 0 aliphatic rings. The lowest BCUT2D eigenvalue weighted by Gasteiger charge is -2.32. The van der Waals surface area contributed by atoms with Crippen molar-refractivity contribution >= 4 is 39.1 Å². The summed E-state index contributed by atoms with van der Waals surface area (Å²) in [6.45, 7) is 8.83. The van der Waals surface area contributed by atoms with Gasteiger partial charge in [-0.3, -0.25) is 13.9 Å². The number of benzene rings is 2. The number of halogens is 1. The van der Waals surface area contributed by atoms with Crippen LogP contribution < -0.4 is 9.62 Å². The summed E-state index contributed by atoms with van der Waals surface area (Å²) in [6.07, 6.45) is 1.82. The molecular formula is C25H34ClN3O4S. The second kappa shape index (κ2) is 11.7. The van der Waals surface area contributed by atoms with Crippen molar-refractivity contribution in [1.29, 1.82) is 0 Å². The fourth-order valence-electron chi connectivity index (χ4n) is 3.46. The van der Waals surface area contributed by atoms with E-state index < -0.39 is 28.5 Å². The van der Waals surface area contributed by atoms with Crippen LogP contribution in [0.4, 0.5) is 5.69 Å². The minimum absolute atomic E-state index is 0.0551. The van der Waals surface area contributed by atoms with Crippen LogP contribution in [0.15, 0.2) is 42.5 Å². The van der Waals surface area contributed by atoms with Crippen LogP contribution in [-0.2, 0) is 26.2 Å². The average molecular weight is 508 g/mol. The van der Waals surface area contributed by atoms with Crippen LogP contribution in [-0.4, -0.2) is 50.0 Å². The lowest BCUT2D eigenvalue weighted by Crippen LogP contribution is -2.52. The maximum atomic E-state index is 13.6. The normalized spacial score (nSPS) is 13.1. The summed E-state index contributed by atoms with van der Waals surface area (Å²) in [6, 6.07) is 11.6. The minimum Gasteiger partial charge on any atom is -0.352 e. The van der Waals surface area contributed by atoms with Crippen LogP contribution in [0.25, 0.3) is 0 Å². The maximum absolute atomic E-state index is 13.6. The molecule has 0 heterocycles. The molecule has 7 nitrogen and oxygen atoms in total. The minimum atomic E-state index is -3.77. The summed E-state index contributed by atoms with van der Waals surface area (Å²) in [5, 5.41) is 3.41. The second-order valence-corrected chi connectivity index (χ2v) is 11.0. The predicted molar refractivity (Wildman–Crippen MR) is 137 cm³/mol. The van der Waals surface area contributed by atoms with E-state index in [4.69, 9.17) is 11.6 Å². The molecule has 9 heteroatoms. The van der Waals surface area contributed by atoms with Crippen molar-refractivity contribution in [1.82, 2.24) is 10.2 Å². The van der Waals surface area contributed by atoms with Gasteiger partial charge in [0, 0.05) is 17.6 Å². The smallest absolute Gasteiger partial charge is 0.244 e. The Morgan fingerprint density at radius 1 is 1.09 bits per heavy atom. The Kier molecular flexibility index (Phi) is 9.53. The van der Waals surface area contributed by atoms with Gasteiger partial charge in [-0.2, -0.15) is 0 Å². The molecule has 0 radical (unpaired) electrons. The highest BCUT2D eigenvalue weighted by molar-refractivity contribution is 7.92. The van der Waals surface area contributed by atoms with Crippen molar-refractivity contribution in [2.24, 2.45) is 0 Å². The van der Waals surface area contributed by atoms with Gasteiger partial charge in [0.15, 0.2) is 0 Å². The number of aryl methyl sites for hydroxylation is 2. The molecule has 2 rings (SSSR count). The molecule has 0 bridgehead atoms. The van der Waals surface area contributed by atoms with Crippen molar-refractivity contribution in [3.05, 3.63) is 64.2 Å². The highest BCUT2D eigenvalue weighted by Gasteiger charge is 2.31. The Bertz CT molecular complexity index is 1140. The Morgan fingerprint density at radius 2 is 1.76 bits per heavy atom. The Labute approximate surface area is 208 Å². The van der Waals surface area contributed by atoms with Crippen LogP contribution in [0.3, 0.4) is 0 Å². The molecule has 186 valence electrons. The number of anilines is 1. The molecule has 0 fully saturated rings. The zero-order valence-electron chi connectivity index (χ0n) is 20.6. The Balaban J connectivity index is 2.43. The van der Waals surface area contributed by atoms with Gasteiger partial charge in [-0.1, -0.05) is 42.8 Å². The number of nitrogens with zero attached hydrogens (tertiary/aromatic N) is 2. The molecule has 2 atom stereocenters. The van der Waals surface area contributed by atoms with Gasteiger partial charge in [0.1, 0.15) is 12.6 Å². The van der Waals surface area contributed by atoms with E-state index in [1.165, 1.54) is 4.90 Å². The zero-order chi connectivity index (χ0) is 25.6. The number of amides is 2. The summed E-state index contributed by atoms with van der Waals surface area (Å²) >= 11 is 6.12. The topological polar surface area (TPSA) is 86.8 Å². The van der Waals surface area contributed by atoms with E-state index in [2.05, 4.69) is 5.32 Å². The maximum Gasteiger partial charge on any atom is 0.244 e. The zero-order valence-corrected chi connectivity index (χ0v) is 22.2. The SMILES string of the molecule is CC[C@@H](C)NC(=O)[C@@H](C)N(Cc1cccc(Cl)c1)C(=O)CN(c1cc(C)ccc1C)S(C)(=O)=O. The van der Waals surface area contributed by atoms with Gasteiger partial charge in [-0.05, 0) is 69.0 Å². The molecule has 2 aromatic rings. The molecule has 34 heavy (non-hydrogen) atoms. The second-order valence-electron chi connectivity index (χ2n) is 8.70. The van der Waals surface area contributed by atoms with Gasteiger partial charge in [0.25, 0.3) is 0 Å². The van der Waals surface area contributed by atoms with Gasteiger partial charge in [-0.25, -0.2) is 8.42 Å². The van der Waals surface area contributed by atoms with Gasteiger partial charge < -0.3 is 10.2 Å². The van der Waals surface area contributed by atoms with Gasteiger partial charge in [-0.15, -0.1) is 0 Å². The number of carbonyl (C=O) groups is 2. The predicted octanol–water partition coefficient (Wildman–Crippen LogP) is 4.05. The molecule has 0 aromatic heterocycles. The van der Waals surface area contributed by atoms with E-state index in [-0.39, 0.29) is 18.5 Å². The Hall–Kier alpha value is -2.58. The van der Waals surface area contributed by atoms with E-state index in [9.17, 15) is 18.0 Å². The molecule has 0 saturated heterocycles. The summed E-state index contributed by atoms with van der Waals surface area (Å²) in [5.74, 6) is -0.791. The summed E-state index contributed by atoms with van der Waals surface area (Å²) in [7, 11) is -3.77. The van der Waals surface area contributed by atoms with Crippen molar-refractivity contribution in [3.63, 3.8) is 0 Å². The molecule has 0 spiro atoms. The summed E-state index contributed by atoms with van der Waals surface area (Å²) in [4.78, 5) is 27.9. The first kappa shape index (κ1) is 27.7. The largest absolute Gasteiger partial charge is 0.352 e. The monoisotopic (exact) mass is 507 g/mol. The molecule has 0 saturated carbocycles. The van der Waals surface area contributed by atoms with Gasteiger partial charge in [0.05, 0.1) is 11.9 Å². The number of rotatable bonds is 10. The number of nitrogens with one attached hydrogen (secondary N) is 1. The number of carbonyl (C=O) groups excluding carboxylic acids is 2. The number of hydrogen-bond acceptors (Lipinski definition) is 4. The van der Waals surface area contributed by atoms with Crippen LogP contribution in [0.5, 0.6) is 0 Å². The van der Waals surface area contributed by atoms with Crippen LogP contribution in [0, 0.1) is 13.8 Å².